The number of hydrogen-bond acceptors (Lipinski definition) is 2. The van der Waals surface area contributed by atoms with Crippen LogP contribution in [0.3, 0.4) is 0 Å². The van der Waals surface area contributed by atoms with Gasteiger partial charge in [0.25, 0.3) is 16.1 Å². The molecule has 0 fully saturated rings. The minimum absolute atomic E-state index is 0.535. The first-order chi connectivity index (χ1) is 10.5. The highest BCUT2D eigenvalue weighted by Crippen LogP contribution is 2.21. The van der Waals surface area contributed by atoms with Gasteiger partial charge in [-0.05, 0) is 47.0 Å². The maximum Gasteiger partial charge on any atom is 0.283 e. The zero-order valence-corrected chi connectivity index (χ0v) is 15.3. The Kier molecular flexibility index (Phi) is 5.84. The molecule has 1 aromatic heterocycles. The predicted molar refractivity (Wildman–Crippen MR) is 99.1 cm³/mol. The second-order valence-electron chi connectivity index (χ2n) is 5.13. The van der Waals surface area contributed by atoms with Gasteiger partial charge < -0.3 is 4.90 Å². The first kappa shape index (κ1) is 17.3. The molecule has 2 rings (SSSR count). The summed E-state index contributed by atoms with van der Waals surface area (Å²) in [6, 6.07) is 8.39. The van der Waals surface area contributed by atoms with Crippen molar-refractivity contribution in [2.45, 2.75) is 0 Å². The molecule has 3 nitrogen and oxygen atoms in total. The first-order valence-electron chi connectivity index (χ1n) is 6.95. The van der Waals surface area contributed by atoms with Crippen molar-refractivity contribution in [3.63, 3.8) is 0 Å². The van der Waals surface area contributed by atoms with Crippen LogP contribution < -0.4 is 9.47 Å². The van der Waals surface area contributed by atoms with E-state index in [0.717, 1.165) is 23.7 Å². The van der Waals surface area contributed by atoms with Crippen molar-refractivity contribution >= 4 is 53.7 Å². The molecule has 0 saturated heterocycles. The minimum atomic E-state index is 0.535. The molecule has 2 aromatic rings. The normalized spacial score (nSPS) is 11.4. The molecular formula is C16H20Cl2N3S+. The highest BCUT2D eigenvalue weighted by atomic mass is 35.5. The molecule has 0 saturated carbocycles. The van der Waals surface area contributed by atoms with Crippen LogP contribution >= 0.6 is 35.8 Å². The standard InChI is InChI=1S/C16H19Cl2N3S/c1-19(10-11-22)13-7-4-12(5-8-13)6-9-14-20(2)15(17)16(18)21(14)3/h4-9H,10-11H2,1-3H3/p+1. The minimum Gasteiger partial charge on any atom is -0.374 e. The van der Waals surface area contributed by atoms with Gasteiger partial charge in [-0.2, -0.15) is 12.6 Å². The summed E-state index contributed by atoms with van der Waals surface area (Å²) in [5, 5.41) is 1.07. The first-order valence-corrected chi connectivity index (χ1v) is 8.34. The van der Waals surface area contributed by atoms with E-state index in [0.29, 0.717) is 10.3 Å². The fourth-order valence-electron chi connectivity index (χ4n) is 2.22. The van der Waals surface area contributed by atoms with Crippen LogP contribution in [-0.2, 0) is 14.1 Å². The van der Waals surface area contributed by atoms with E-state index in [1.807, 2.05) is 35.4 Å². The summed E-state index contributed by atoms with van der Waals surface area (Å²) in [6.07, 6.45) is 4.05. The van der Waals surface area contributed by atoms with Gasteiger partial charge in [0.05, 0.1) is 14.1 Å². The maximum absolute atomic E-state index is 6.14. The van der Waals surface area contributed by atoms with Crippen LogP contribution in [-0.4, -0.2) is 23.9 Å². The third-order valence-electron chi connectivity index (χ3n) is 3.64. The molecule has 0 amide bonds. The lowest BCUT2D eigenvalue weighted by atomic mass is 10.2. The highest BCUT2D eigenvalue weighted by Gasteiger charge is 2.21. The van der Waals surface area contributed by atoms with Crippen molar-refractivity contribution < 1.29 is 4.57 Å². The van der Waals surface area contributed by atoms with Crippen LogP contribution in [0.1, 0.15) is 11.4 Å². The SMILES string of the molecule is CN(CCS)c1ccc(/C=C/c2n(C)c(Cl)c(Cl)[n+]2C)cc1. The number of thiol groups is 1. The Labute approximate surface area is 147 Å². The van der Waals surface area contributed by atoms with E-state index in [2.05, 4.69) is 48.8 Å². The Morgan fingerprint density at radius 2 is 1.86 bits per heavy atom. The number of aromatic nitrogens is 2. The molecule has 0 unspecified atom stereocenters. The monoisotopic (exact) mass is 356 g/mol. The van der Waals surface area contributed by atoms with Crippen LogP contribution in [0.25, 0.3) is 12.2 Å². The molecule has 0 N–H and O–H groups in total. The lowest BCUT2D eigenvalue weighted by molar-refractivity contribution is -0.670. The van der Waals surface area contributed by atoms with Gasteiger partial charge in [0, 0.05) is 31.1 Å². The van der Waals surface area contributed by atoms with E-state index < -0.39 is 0 Å². The van der Waals surface area contributed by atoms with Crippen molar-refractivity contribution in [1.29, 1.82) is 0 Å². The maximum atomic E-state index is 6.14. The van der Waals surface area contributed by atoms with Gasteiger partial charge in [-0.1, -0.05) is 12.1 Å². The summed E-state index contributed by atoms with van der Waals surface area (Å²) in [4.78, 5) is 2.18. The Morgan fingerprint density at radius 1 is 1.23 bits per heavy atom. The van der Waals surface area contributed by atoms with E-state index in [1.165, 1.54) is 5.69 Å². The Bertz CT molecular complexity index is 652. The number of halogens is 2. The number of hydrogen-bond donors (Lipinski definition) is 1. The summed E-state index contributed by atoms with van der Waals surface area (Å²) in [7, 11) is 5.85. The summed E-state index contributed by atoms with van der Waals surface area (Å²) in [6.45, 7) is 0.925. The van der Waals surface area contributed by atoms with Crippen molar-refractivity contribution in [1.82, 2.24) is 4.57 Å². The van der Waals surface area contributed by atoms with Gasteiger partial charge in [-0.25, -0.2) is 9.13 Å². The molecule has 0 aliphatic heterocycles. The number of nitrogens with zero attached hydrogens (tertiary/aromatic N) is 3. The zero-order valence-electron chi connectivity index (χ0n) is 12.9. The summed E-state index contributed by atoms with van der Waals surface area (Å²) in [5.41, 5.74) is 2.30. The number of anilines is 1. The average Bonchev–Trinajstić information content (AvgIpc) is 2.70. The molecule has 22 heavy (non-hydrogen) atoms. The molecule has 0 aliphatic carbocycles. The second-order valence-corrected chi connectivity index (χ2v) is 6.29. The van der Waals surface area contributed by atoms with Gasteiger partial charge in [0.1, 0.15) is 0 Å². The molecule has 1 aromatic carbocycles. The molecule has 118 valence electrons. The zero-order chi connectivity index (χ0) is 16.3. The van der Waals surface area contributed by atoms with Crippen molar-refractivity contribution in [3.05, 3.63) is 46.0 Å². The lowest BCUT2D eigenvalue weighted by Gasteiger charge is -2.17. The topological polar surface area (TPSA) is 12.1 Å². The Hall–Kier alpha value is -1.10. The van der Waals surface area contributed by atoms with Crippen LogP contribution in [0.15, 0.2) is 24.3 Å². The Balaban J connectivity index is 2.19. The quantitative estimate of drug-likeness (QED) is 0.636. The van der Waals surface area contributed by atoms with Gasteiger partial charge in [0.2, 0.25) is 0 Å². The number of imidazole rings is 1. The second kappa shape index (κ2) is 7.44. The fraction of sp³-hybridized carbons (Fsp3) is 0.312. The van der Waals surface area contributed by atoms with Gasteiger partial charge in [-0.15, -0.1) is 0 Å². The lowest BCUT2D eigenvalue weighted by Crippen LogP contribution is -2.31. The fourth-order valence-corrected chi connectivity index (χ4v) is 2.94. The van der Waals surface area contributed by atoms with Crippen molar-refractivity contribution in [2.75, 3.05) is 24.2 Å². The molecule has 0 spiro atoms. The molecule has 0 radical (unpaired) electrons. The smallest absolute Gasteiger partial charge is 0.283 e. The average molecular weight is 357 g/mol. The van der Waals surface area contributed by atoms with Crippen LogP contribution in [0, 0.1) is 0 Å². The summed E-state index contributed by atoms with van der Waals surface area (Å²) < 4.78 is 3.71. The van der Waals surface area contributed by atoms with Gasteiger partial charge >= 0.3 is 0 Å². The number of rotatable bonds is 5. The van der Waals surface area contributed by atoms with Gasteiger partial charge in [-0.3, -0.25) is 0 Å². The van der Waals surface area contributed by atoms with E-state index in [1.54, 1.807) is 0 Å². The molecular weight excluding hydrogens is 337 g/mol. The third-order valence-corrected chi connectivity index (χ3v) is 4.80. The van der Waals surface area contributed by atoms with Crippen molar-refractivity contribution in [3.8, 4) is 0 Å². The number of benzene rings is 1. The van der Waals surface area contributed by atoms with Gasteiger partial charge in [0.15, 0.2) is 0 Å². The van der Waals surface area contributed by atoms with Crippen molar-refractivity contribution in [2.24, 2.45) is 14.1 Å². The van der Waals surface area contributed by atoms with E-state index in [4.69, 9.17) is 23.2 Å². The molecule has 1 heterocycles. The largest absolute Gasteiger partial charge is 0.374 e. The molecule has 0 aliphatic rings. The van der Waals surface area contributed by atoms with E-state index in [9.17, 15) is 0 Å². The summed E-state index contributed by atoms with van der Waals surface area (Å²) >= 11 is 16.5. The predicted octanol–water partition coefficient (Wildman–Crippen LogP) is 3.69. The molecule has 0 bridgehead atoms. The van der Waals surface area contributed by atoms with E-state index in [-0.39, 0.29) is 0 Å². The molecule has 6 heteroatoms. The van der Waals surface area contributed by atoms with Crippen LogP contribution in [0.5, 0.6) is 0 Å². The summed E-state index contributed by atoms with van der Waals surface area (Å²) in [5.74, 6) is 1.77. The van der Waals surface area contributed by atoms with Crippen LogP contribution in [0.4, 0.5) is 5.69 Å². The van der Waals surface area contributed by atoms with E-state index >= 15 is 0 Å². The van der Waals surface area contributed by atoms with Crippen LogP contribution in [0.2, 0.25) is 10.3 Å². The highest BCUT2D eigenvalue weighted by molar-refractivity contribution is 7.80. The third kappa shape index (κ3) is 3.62. The molecule has 0 atom stereocenters. The Morgan fingerprint density at radius 3 is 2.36 bits per heavy atom.